The summed E-state index contributed by atoms with van der Waals surface area (Å²) in [5.74, 6) is -3.69. The quantitative estimate of drug-likeness (QED) is 0.0621. The van der Waals surface area contributed by atoms with Crippen molar-refractivity contribution in [2.75, 3.05) is 38.5 Å². The summed E-state index contributed by atoms with van der Waals surface area (Å²) in [6.45, 7) is 16.2. The maximum Gasteiger partial charge on any atom is 0.416 e. The summed E-state index contributed by atoms with van der Waals surface area (Å²) in [6.07, 6.45) is -21.1. The number of nitrogens with one attached hydrogen (secondary N) is 3. The monoisotopic (exact) mass is 1140 g/mol. The lowest BCUT2D eigenvalue weighted by Gasteiger charge is -2.53. The minimum absolute atomic E-state index is 0.0396. The van der Waals surface area contributed by atoms with Crippen molar-refractivity contribution in [2.24, 2.45) is 17.8 Å². The van der Waals surface area contributed by atoms with Gasteiger partial charge < -0.3 is 64.6 Å². The maximum atomic E-state index is 14.6. The minimum Gasteiger partial charge on any atom is -0.459 e. The molecule has 3 aliphatic heterocycles. The Hall–Kier alpha value is -3.28. The van der Waals surface area contributed by atoms with E-state index >= 15 is 0 Å². The molecule has 5 rings (SSSR count). The van der Waals surface area contributed by atoms with Gasteiger partial charge in [0.25, 0.3) is 0 Å². The van der Waals surface area contributed by atoms with Crippen molar-refractivity contribution in [2.45, 2.75) is 203 Å². The second-order valence-electron chi connectivity index (χ2n) is 22.4. The fourth-order valence-electron chi connectivity index (χ4n) is 11.1. The van der Waals surface area contributed by atoms with E-state index < -0.39 is 147 Å². The van der Waals surface area contributed by atoms with Crippen LogP contribution in [0.3, 0.4) is 0 Å². The number of cyclic esters (lactones) is 1. The first-order valence-electron chi connectivity index (χ1n) is 26.4. The van der Waals surface area contributed by atoms with E-state index in [9.17, 15) is 65.1 Å². The van der Waals surface area contributed by atoms with Crippen molar-refractivity contribution >= 4 is 21.9 Å². The van der Waals surface area contributed by atoms with Gasteiger partial charge in [0.15, 0.2) is 12.6 Å². The van der Waals surface area contributed by atoms with Crippen LogP contribution in [0, 0.1) is 17.8 Å². The molecule has 3 aliphatic rings. The zero-order chi connectivity index (χ0) is 58.7. The molecular formula is C53H82F6N4O14S. The number of ether oxygens (including phenoxy) is 6. The number of methoxy groups -OCH3 is 1. The molecule has 0 spiro atoms. The molecule has 446 valence electrons. The van der Waals surface area contributed by atoms with Gasteiger partial charge in [0.1, 0.15) is 35.1 Å². The van der Waals surface area contributed by atoms with Crippen molar-refractivity contribution in [1.29, 1.82) is 0 Å². The van der Waals surface area contributed by atoms with Crippen LogP contribution < -0.4 is 15.4 Å². The number of aliphatic hydroxyl groups is 5. The lowest BCUT2D eigenvalue weighted by atomic mass is 9.75. The lowest BCUT2D eigenvalue weighted by molar-refractivity contribution is -0.336. The zero-order valence-electron chi connectivity index (χ0n) is 46.4. The highest BCUT2D eigenvalue weighted by atomic mass is 32.2. The van der Waals surface area contributed by atoms with E-state index in [1.807, 2.05) is 6.92 Å². The number of benzene rings is 2. The third-order valence-corrected chi connectivity index (χ3v) is 17.6. The summed E-state index contributed by atoms with van der Waals surface area (Å²) < 4.78 is 148. The lowest BCUT2D eigenvalue weighted by Crippen LogP contribution is -2.70. The Balaban J connectivity index is 1.49. The largest absolute Gasteiger partial charge is 0.459 e. The Labute approximate surface area is 454 Å². The average Bonchev–Trinajstić information content (AvgIpc) is 3.36. The molecule has 0 aliphatic carbocycles. The normalized spacial score (nSPS) is 38.3. The number of nitrogens with zero attached hydrogens (tertiary/aromatic N) is 1. The number of likely N-dealkylation sites (N-methyl/N-ethyl adjacent to an activating group) is 1. The summed E-state index contributed by atoms with van der Waals surface area (Å²) in [6, 6.07) is 6.05. The molecule has 0 aromatic heterocycles. The number of aliphatic hydroxyl groups excluding tert-OH is 2. The van der Waals surface area contributed by atoms with Crippen LogP contribution in [0.1, 0.15) is 112 Å². The van der Waals surface area contributed by atoms with E-state index in [-0.39, 0.29) is 51.0 Å². The van der Waals surface area contributed by atoms with Gasteiger partial charge >= 0.3 is 28.5 Å². The Bertz CT molecular complexity index is 2370. The van der Waals surface area contributed by atoms with Crippen LogP contribution in [-0.2, 0) is 62.2 Å². The highest BCUT2D eigenvalue weighted by molar-refractivity contribution is 7.90. The zero-order valence-corrected chi connectivity index (χ0v) is 47.2. The molecule has 78 heavy (non-hydrogen) atoms. The molecule has 0 radical (unpaired) electrons. The third-order valence-electron chi connectivity index (χ3n) is 16.1. The van der Waals surface area contributed by atoms with E-state index in [0.29, 0.717) is 24.1 Å². The topological polar surface area (TPSA) is 247 Å². The van der Waals surface area contributed by atoms with Crippen LogP contribution in [0.15, 0.2) is 48.5 Å². The predicted molar refractivity (Wildman–Crippen MR) is 275 cm³/mol. The summed E-state index contributed by atoms with van der Waals surface area (Å²) in [5, 5.41) is 67.0. The SMILES string of the molecule is CCC1OC(=O)C(C)C(O[C@H]2C[C@@](C)(OC)[C@](O)(CNCCc3ccc(C(F)(F)F)cc3)[C@H](C)O2)C(C)C(O[C@@H]2O[C@H](C)C[C@H](N(C)S(=O)(=O)Nc3ccc(C(F)(F)F)cc3)[C@H]2O)C(C)(O)CC(C)CNC(C)C(O)C1(C)O. The molecule has 3 heterocycles. The van der Waals surface area contributed by atoms with Crippen LogP contribution in [0.25, 0.3) is 0 Å². The molecule has 0 bridgehead atoms. The molecule has 18 nitrogen and oxygen atoms in total. The van der Waals surface area contributed by atoms with Crippen molar-refractivity contribution in [3.63, 3.8) is 0 Å². The first-order chi connectivity index (χ1) is 35.9. The predicted octanol–water partition coefficient (Wildman–Crippen LogP) is 5.53. The molecule has 10 unspecified atom stereocenters. The maximum absolute atomic E-state index is 14.6. The molecule has 2 aromatic carbocycles. The molecule has 25 heteroatoms. The summed E-state index contributed by atoms with van der Waals surface area (Å²) >= 11 is 0. The first-order valence-corrected chi connectivity index (χ1v) is 27.8. The second kappa shape index (κ2) is 25.5. The van der Waals surface area contributed by atoms with Crippen LogP contribution in [0.2, 0.25) is 0 Å². The molecule has 18 atom stereocenters. The van der Waals surface area contributed by atoms with Crippen molar-refractivity contribution in [3.05, 3.63) is 65.2 Å². The molecule has 8 N–H and O–H groups in total. The van der Waals surface area contributed by atoms with Gasteiger partial charge in [-0.2, -0.15) is 39.1 Å². The van der Waals surface area contributed by atoms with Gasteiger partial charge in [-0.1, -0.05) is 32.9 Å². The van der Waals surface area contributed by atoms with Gasteiger partial charge in [0.2, 0.25) is 0 Å². The van der Waals surface area contributed by atoms with Gasteiger partial charge in [-0.15, -0.1) is 0 Å². The number of anilines is 1. The highest BCUT2D eigenvalue weighted by Gasteiger charge is 2.58. The van der Waals surface area contributed by atoms with Crippen molar-refractivity contribution in [3.8, 4) is 0 Å². The molecule has 0 amide bonds. The fourth-order valence-corrected chi connectivity index (χ4v) is 12.2. The van der Waals surface area contributed by atoms with Crippen molar-refractivity contribution in [1.82, 2.24) is 14.9 Å². The van der Waals surface area contributed by atoms with E-state index in [1.165, 1.54) is 47.1 Å². The number of rotatable bonds is 15. The number of carbonyl (C=O) groups is 1. The van der Waals surface area contributed by atoms with Gasteiger partial charge in [-0.25, -0.2) is 0 Å². The van der Waals surface area contributed by atoms with Gasteiger partial charge in [-0.3, -0.25) is 9.52 Å². The van der Waals surface area contributed by atoms with Crippen molar-refractivity contribution < 1.29 is 93.5 Å². The van der Waals surface area contributed by atoms with Crippen LogP contribution >= 0.6 is 0 Å². The second-order valence-corrected chi connectivity index (χ2v) is 24.1. The fraction of sp³-hybridized carbons (Fsp3) is 0.755. The molecule has 0 saturated carbocycles. The first kappa shape index (κ1) is 65.5. The smallest absolute Gasteiger partial charge is 0.416 e. The average molecular weight is 1150 g/mol. The standard InChI is InChI=1S/C53H82F6N4O14S/c1-13-40-50(10,68)44(65)33(6)61-27-29(2)25-48(8,67)45(77-47-42(64)39(24-30(3)73-47)63(11)78(70,71)62-38-20-18-37(19-21-38)53(57,58)59)31(4)43(32(5)46(66)75-40)76-41-26-49(9,72-12)51(69,34(7)74-41)28-60-23-22-35-14-16-36(17-15-35)52(54,55)56/h14-21,29-34,39-45,47,60-62,64-65,67-69H,13,22-28H2,1-12H3/t29?,30-,31?,32?,33?,34+,39+,40?,41+,42-,43?,44?,45?,47+,48?,49-,50?,51+/m1/s1. The molecule has 3 fully saturated rings. The van der Waals surface area contributed by atoms with Gasteiger partial charge in [-0.05, 0) is 135 Å². The Morgan fingerprint density at radius 1 is 0.859 bits per heavy atom. The summed E-state index contributed by atoms with van der Waals surface area (Å²) in [5.41, 5.74) is -8.42. The van der Waals surface area contributed by atoms with E-state index in [2.05, 4.69) is 15.4 Å². The highest BCUT2D eigenvalue weighted by Crippen LogP contribution is 2.44. The number of carbonyl (C=O) groups excluding carboxylic acids is 1. The van der Waals surface area contributed by atoms with E-state index in [0.717, 1.165) is 28.6 Å². The van der Waals surface area contributed by atoms with Crippen LogP contribution in [0.4, 0.5) is 32.0 Å². The number of alkyl halides is 6. The minimum atomic E-state index is -4.67. The van der Waals surface area contributed by atoms with Crippen LogP contribution in [0.5, 0.6) is 0 Å². The van der Waals surface area contributed by atoms with Gasteiger partial charge in [0.05, 0.1) is 53.1 Å². The summed E-state index contributed by atoms with van der Waals surface area (Å²) in [7, 11) is -2.02. The van der Waals surface area contributed by atoms with E-state index in [1.54, 1.807) is 41.5 Å². The molecular weight excluding hydrogens is 1060 g/mol. The van der Waals surface area contributed by atoms with Gasteiger partial charge in [0, 0.05) is 44.8 Å². The number of hydrogen-bond acceptors (Lipinski definition) is 16. The Morgan fingerprint density at radius 3 is 1.99 bits per heavy atom. The van der Waals surface area contributed by atoms with E-state index in [4.69, 9.17) is 28.4 Å². The number of hydrogen-bond donors (Lipinski definition) is 8. The Morgan fingerprint density at radius 2 is 1.44 bits per heavy atom. The molecule has 2 aromatic rings. The Kier molecular flexibility index (Phi) is 21.4. The number of esters is 1. The van der Waals surface area contributed by atoms with Crippen LogP contribution in [-0.4, -0.2) is 168 Å². The summed E-state index contributed by atoms with van der Waals surface area (Å²) in [4.78, 5) is 14.6. The third kappa shape index (κ3) is 15.2. The molecule has 3 saturated heterocycles. The number of halogens is 6.